The van der Waals surface area contributed by atoms with Crippen LogP contribution in [-0.2, 0) is 11.3 Å². The fourth-order valence-corrected chi connectivity index (χ4v) is 2.09. The molecular weight excluding hydrogens is 262 g/mol. The van der Waals surface area contributed by atoms with Gasteiger partial charge in [-0.05, 0) is 18.4 Å². The highest BCUT2D eigenvalue weighted by Gasteiger charge is 2.19. The molecule has 3 heteroatoms. The van der Waals surface area contributed by atoms with Gasteiger partial charge in [0.2, 0.25) is 0 Å². The van der Waals surface area contributed by atoms with Crippen LogP contribution in [0.15, 0.2) is 48.8 Å². The van der Waals surface area contributed by atoms with Gasteiger partial charge in [-0.15, -0.1) is 0 Å². The van der Waals surface area contributed by atoms with Crippen LogP contribution >= 0.6 is 0 Å². The van der Waals surface area contributed by atoms with E-state index >= 15 is 0 Å². The van der Waals surface area contributed by atoms with E-state index in [0.717, 1.165) is 17.7 Å². The van der Waals surface area contributed by atoms with E-state index in [0.29, 0.717) is 18.1 Å². The van der Waals surface area contributed by atoms with Crippen molar-refractivity contribution in [2.24, 2.45) is 5.92 Å². The van der Waals surface area contributed by atoms with Gasteiger partial charge in [-0.3, -0.25) is 0 Å². The van der Waals surface area contributed by atoms with Gasteiger partial charge < -0.3 is 4.74 Å². The number of benzene rings is 1. The molecule has 0 atom stereocenters. The van der Waals surface area contributed by atoms with Crippen molar-refractivity contribution in [2.75, 3.05) is 6.61 Å². The van der Waals surface area contributed by atoms with Gasteiger partial charge in [-0.25, -0.2) is 9.36 Å². The number of aryl methyl sites for hydroxylation is 1. The molecule has 0 unspecified atom stereocenters. The first-order chi connectivity index (χ1) is 10.1. The molecule has 110 valence electrons. The Bertz CT molecular complexity index is 606. The zero-order valence-electron chi connectivity index (χ0n) is 12.9. The standard InChI is InChI=1S/C18H22NO2/c1-4-19-11-10-16(15-8-6-5-7-9-15)17(12-19)18(20)21-13-14(2)3/h5-12,14H,4,13H2,1-3H3/q+1. The number of rotatable bonds is 5. The van der Waals surface area contributed by atoms with Gasteiger partial charge in [0.25, 0.3) is 0 Å². The van der Waals surface area contributed by atoms with Gasteiger partial charge in [0.1, 0.15) is 12.1 Å². The predicted molar refractivity (Wildman–Crippen MR) is 82.9 cm³/mol. The lowest BCUT2D eigenvalue weighted by atomic mass is 10.0. The Kier molecular flexibility index (Phi) is 5.09. The van der Waals surface area contributed by atoms with Crippen LogP contribution in [0.3, 0.4) is 0 Å². The fraction of sp³-hybridized carbons (Fsp3) is 0.333. The Hall–Kier alpha value is -2.16. The second-order valence-electron chi connectivity index (χ2n) is 5.46. The molecule has 2 rings (SSSR count). The van der Waals surface area contributed by atoms with Crippen LogP contribution in [0.5, 0.6) is 0 Å². The summed E-state index contributed by atoms with van der Waals surface area (Å²) in [7, 11) is 0. The van der Waals surface area contributed by atoms with Gasteiger partial charge in [-0.2, -0.15) is 0 Å². The van der Waals surface area contributed by atoms with Crippen LogP contribution < -0.4 is 4.57 Å². The van der Waals surface area contributed by atoms with E-state index in [2.05, 4.69) is 0 Å². The van der Waals surface area contributed by atoms with Gasteiger partial charge in [0.05, 0.1) is 6.61 Å². The van der Waals surface area contributed by atoms with Crippen LogP contribution in [-0.4, -0.2) is 12.6 Å². The number of ether oxygens (including phenoxy) is 1. The third kappa shape index (κ3) is 3.91. The molecule has 0 spiro atoms. The average Bonchev–Trinajstić information content (AvgIpc) is 2.52. The zero-order valence-corrected chi connectivity index (χ0v) is 12.9. The predicted octanol–water partition coefficient (Wildman–Crippen LogP) is 3.47. The summed E-state index contributed by atoms with van der Waals surface area (Å²) in [5, 5.41) is 0. The summed E-state index contributed by atoms with van der Waals surface area (Å²) >= 11 is 0. The SMILES string of the molecule is CC[n+]1ccc(-c2ccccc2)c(C(=O)OCC(C)C)c1. The molecule has 0 radical (unpaired) electrons. The van der Waals surface area contributed by atoms with E-state index in [9.17, 15) is 4.79 Å². The van der Waals surface area contributed by atoms with Crippen molar-refractivity contribution in [3.63, 3.8) is 0 Å². The van der Waals surface area contributed by atoms with Crippen molar-refractivity contribution in [1.29, 1.82) is 0 Å². The third-order valence-electron chi connectivity index (χ3n) is 3.24. The van der Waals surface area contributed by atoms with Crippen molar-refractivity contribution in [2.45, 2.75) is 27.3 Å². The van der Waals surface area contributed by atoms with Crippen molar-refractivity contribution in [1.82, 2.24) is 0 Å². The topological polar surface area (TPSA) is 30.2 Å². The molecular formula is C18H22NO2+. The Morgan fingerprint density at radius 3 is 2.52 bits per heavy atom. The molecule has 1 heterocycles. The number of carbonyl (C=O) groups excluding carboxylic acids is 1. The number of nitrogens with zero attached hydrogens (tertiary/aromatic N) is 1. The van der Waals surface area contributed by atoms with Crippen LogP contribution in [0.25, 0.3) is 11.1 Å². The van der Waals surface area contributed by atoms with Crippen LogP contribution in [0.4, 0.5) is 0 Å². The molecule has 2 aromatic rings. The normalized spacial score (nSPS) is 10.7. The van der Waals surface area contributed by atoms with E-state index in [1.54, 1.807) is 0 Å². The van der Waals surface area contributed by atoms with Crippen molar-refractivity contribution < 1.29 is 14.1 Å². The maximum absolute atomic E-state index is 12.4. The molecule has 0 bridgehead atoms. The Morgan fingerprint density at radius 1 is 1.19 bits per heavy atom. The molecule has 0 aliphatic heterocycles. The zero-order chi connectivity index (χ0) is 15.2. The van der Waals surface area contributed by atoms with Crippen molar-refractivity contribution in [3.8, 4) is 11.1 Å². The van der Waals surface area contributed by atoms with E-state index in [-0.39, 0.29) is 5.97 Å². The molecule has 0 saturated heterocycles. The number of pyridine rings is 1. The minimum absolute atomic E-state index is 0.259. The quantitative estimate of drug-likeness (QED) is 0.621. The summed E-state index contributed by atoms with van der Waals surface area (Å²) in [4.78, 5) is 12.4. The Labute approximate surface area is 126 Å². The summed E-state index contributed by atoms with van der Waals surface area (Å²) < 4.78 is 7.38. The third-order valence-corrected chi connectivity index (χ3v) is 3.24. The average molecular weight is 284 g/mol. The lowest BCUT2D eigenvalue weighted by Gasteiger charge is -2.10. The molecule has 0 aliphatic rings. The molecule has 3 nitrogen and oxygen atoms in total. The van der Waals surface area contributed by atoms with E-state index in [4.69, 9.17) is 4.74 Å². The number of esters is 1. The molecule has 21 heavy (non-hydrogen) atoms. The van der Waals surface area contributed by atoms with Gasteiger partial charge >= 0.3 is 5.97 Å². The van der Waals surface area contributed by atoms with Crippen LogP contribution in [0.2, 0.25) is 0 Å². The fourth-order valence-electron chi connectivity index (χ4n) is 2.09. The summed E-state index contributed by atoms with van der Waals surface area (Å²) in [6.07, 6.45) is 3.85. The largest absolute Gasteiger partial charge is 0.462 e. The maximum atomic E-state index is 12.4. The second-order valence-corrected chi connectivity index (χ2v) is 5.46. The second kappa shape index (κ2) is 7.02. The van der Waals surface area contributed by atoms with Crippen molar-refractivity contribution >= 4 is 5.97 Å². The van der Waals surface area contributed by atoms with Crippen LogP contribution in [0.1, 0.15) is 31.1 Å². The number of hydrogen-bond acceptors (Lipinski definition) is 2. The first-order valence-electron chi connectivity index (χ1n) is 7.37. The smallest absolute Gasteiger partial charge is 0.344 e. The van der Waals surface area contributed by atoms with E-state index in [1.165, 1.54) is 0 Å². The first-order valence-corrected chi connectivity index (χ1v) is 7.37. The van der Waals surface area contributed by atoms with E-state index in [1.807, 2.05) is 74.1 Å². The maximum Gasteiger partial charge on any atom is 0.344 e. The van der Waals surface area contributed by atoms with E-state index < -0.39 is 0 Å². The highest BCUT2D eigenvalue weighted by atomic mass is 16.5. The lowest BCUT2D eigenvalue weighted by molar-refractivity contribution is -0.693. The number of hydrogen-bond donors (Lipinski definition) is 0. The number of aromatic nitrogens is 1. The van der Waals surface area contributed by atoms with Gasteiger partial charge in [0, 0.05) is 11.6 Å². The minimum atomic E-state index is -0.259. The summed E-state index contributed by atoms with van der Waals surface area (Å²) in [5.74, 6) is 0.0708. The van der Waals surface area contributed by atoms with Gasteiger partial charge in [-0.1, -0.05) is 44.2 Å². The molecule has 0 N–H and O–H groups in total. The van der Waals surface area contributed by atoms with Crippen LogP contribution in [0, 0.1) is 5.92 Å². The monoisotopic (exact) mass is 284 g/mol. The Balaban J connectivity index is 2.39. The molecule has 1 aromatic heterocycles. The Morgan fingerprint density at radius 2 is 1.90 bits per heavy atom. The molecule has 0 aliphatic carbocycles. The molecule has 0 amide bonds. The lowest BCUT2D eigenvalue weighted by Crippen LogP contribution is -2.33. The summed E-state index contributed by atoms with van der Waals surface area (Å²) in [6.45, 7) is 7.37. The highest BCUT2D eigenvalue weighted by molar-refractivity contribution is 5.96. The minimum Gasteiger partial charge on any atom is -0.462 e. The highest BCUT2D eigenvalue weighted by Crippen LogP contribution is 2.23. The van der Waals surface area contributed by atoms with Gasteiger partial charge in [0.15, 0.2) is 12.4 Å². The number of carbonyl (C=O) groups is 1. The first kappa shape index (κ1) is 15.2. The molecule has 0 fully saturated rings. The summed E-state index contributed by atoms with van der Waals surface area (Å²) in [5.41, 5.74) is 2.55. The summed E-state index contributed by atoms with van der Waals surface area (Å²) in [6, 6.07) is 11.9. The van der Waals surface area contributed by atoms with Crippen molar-refractivity contribution in [3.05, 3.63) is 54.4 Å². The molecule has 0 saturated carbocycles. The molecule has 1 aromatic carbocycles.